The van der Waals surface area contributed by atoms with Gasteiger partial charge in [-0.05, 0) is 19.3 Å². The van der Waals surface area contributed by atoms with Crippen molar-refractivity contribution in [2.24, 2.45) is 5.92 Å². The lowest BCUT2D eigenvalue weighted by Gasteiger charge is -2.13. The Bertz CT molecular complexity index is 301. The quantitative estimate of drug-likeness (QED) is 0.307. The lowest BCUT2D eigenvalue weighted by Crippen LogP contribution is -2.18. The van der Waals surface area contributed by atoms with Crippen LogP contribution in [-0.4, -0.2) is 55.5 Å². The number of aliphatic hydroxyl groups is 1. The van der Waals surface area contributed by atoms with E-state index in [4.69, 9.17) is 19.3 Å². The Labute approximate surface area is 126 Å². The lowest BCUT2D eigenvalue weighted by molar-refractivity contribution is -0.132. The maximum absolute atomic E-state index is 10.5. The van der Waals surface area contributed by atoms with E-state index >= 15 is 0 Å². The number of hydrogen-bond donors (Lipinski definition) is 2. The number of carboxylic acid groups (broad SMARTS) is 1. The van der Waals surface area contributed by atoms with Crippen molar-refractivity contribution >= 4 is 5.97 Å². The Balaban J connectivity index is 3.30. The van der Waals surface area contributed by atoms with Crippen molar-refractivity contribution in [1.82, 2.24) is 0 Å². The number of ether oxygens (including phenoxy) is 3. The molecule has 0 aliphatic rings. The van der Waals surface area contributed by atoms with Crippen molar-refractivity contribution in [2.45, 2.75) is 39.9 Å². The molecule has 0 saturated carbocycles. The third-order valence-electron chi connectivity index (χ3n) is 2.63. The summed E-state index contributed by atoms with van der Waals surface area (Å²) in [5, 5.41) is 18.1. The van der Waals surface area contributed by atoms with Crippen LogP contribution in [-0.2, 0) is 19.0 Å². The molecule has 0 bridgehead atoms. The predicted molar refractivity (Wildman–Crippen MR) is 79.1 cm³/mol. The maximum Gasteiger partial charge on any atom is 0.330 e. The minimum atomic E-state index is -0.905. The standard InChI is InChI=1S/C15H28O6/c1-12(2)11-14(16)21-10-9-20-8-7-19-6-4-5-13(3)15(17)18/h5,12,14,16H,4,6-11H2,1-3H3,(H,17,18). The minimum absolute atomic E-state index is 0.326. The summed E-state index contributed by atoms with van der Waals surface area (Å²) < 4.78 is 15.7. The van der Waals surface area contributed by atoms with Gasteiger partial charge in [-0.1, -0.05) is 19.9 Å². The number of carboxylic acids is 1. The molecule has 1 unspecified atom stereocenters. The molecule has 0 rings (SSSR count). The molecule has 0 heterocycles. The third-order valence-corrected chi connectivity index (χ3v) is 2.63. The average molecular weight is 304 g/mol. The maximum atomic E-state index is 10.5. The molecule has 0 spiro atoms. The molecule has 0 amide bonds. The highest BCUT2D eigenvalue weighted by atomic mass is 16.6. The van der Waals surface area contributed by atoms with Gasteiger partial charge >= 0.3 is 5.97 Å². The first kappa shape index (κ1) is 20.1. The van der Waals surface area contributed by atoms with E-state index in [-0.39, 0.29) is 0 Å². The summed E-state index contributed by atoms with van der Waals surface area (Å²) in [6.45, 7) is 7.74. The Morgan fingerprint density at radius 1 is 1.10 bits per heavy atom. The summed E-state index contributed by atoms with van der Waals surface area (Å²) in [4.78, 5) is 10.5. The molecule has 0 aliphatic carbocycles. The molecule has 124 valence electrons. The Morgan fingerprint density at radius 3 is 2.24 bits per heavy atom. The first-order valence-electron chi connectivity index (χ1n) is 7.28. The van der Waals surface area contributed by atoms with E-state index in [2.05, 4.69) is 0 Å². The predicted octanol–water partition coefficient (Wildman–Crippen LogP) is 1.82. The van der Waals surface area contributed by atoms with Crippen LogP contribution in [0.25, 0.3) is 0 Å². The van der Waals surface area contributed by atoms with Crippen molar-refractivity contribution in [3.8, 4) is 0 Å². The van der Waals surface area contributed by atoms with Gasteiger partial charge in [0.05, 0.1) is 33.0 Å². The smallest absolute Gasteiger partial charge is 0.330 e. The molecule has 0 aliphatic heterocycles. The van der Waals surface area contributed by atoms with Gasteiger partial charge < -0.3 is 24.4 Å². The molecule has 0 saturated heterocycles. The Hall–Kier alpha value is -0.950. The molecule has 0 aromatic rings. The zero-order chi connectivity index (χ0) is 16.1. The first-order valence-corrected chi connectivity index (χ1v) is 7.28. The van der Waals surface area contributed by atoms with E-state index in [1.807, 2.05) is 13.8 Å². The fourth-order valence-electron chi connectivity index (χ4n) is 1.48. The van der Waals surface area contributed by atoms with Crippen molar-refractivity contribution in [1.29, 1.82) is 0 Å². The van der Waals surface area contributed by atoms with Gasteiger partial charge in [-0.3, -0.25) is 0 Å². The molecule has 6 nitrogen and oxygen atoms in total. The summed E-state index contributed by atoms with van der Waals surface area (Å²) in [7, 11) is 0. The van der Waals surface area contributed by atoms with E-state index in [1.54, 1.807) is 13.0 Å². The molecular weight excluding hydrogens is 276 g/mol. The minimum Gasteiger partial charge on any atom is -0.478 e. The van der Waals surface area contributed by atoms with Crippen molar-refractivity contribution in [3.05, 3.63) is 11.6 Å². The van der Waals surface area contributed by atoms with Gasteiger partial charge in [-0.25, -0.2) is 4.79 Å². The van der Waals surface area contributed by atoms with Crippen molar-refractivity contribution in [2.75, 3.05) is 33.0 Å². The van der Waals surface area contributed by atoms with Crippen LogP contribution in [0, 0.1) is 5.92 Å². The van der Waals surface area contributed by atoms with Crippen molar-refractivity contribution < 1.29 is 29.2 Å². The van der Waals surface area contributed by atoms with E-state index < -0.39 is 12.3 Å². The lowest BCUT2D eigenvalue weighted by atomic mass is 10.1. The van der Waals surface area contributed by atoms with Crippen molar-refractivity contribution in [3.63, 3.8) is 0 Å². The molecule has 0 aromatic heterocycles. The Morgan fingerprint density at radius 2 is 1.67 bits per heavy atom. The molecule has 6 heteroatoms. The third kappa shape index (κ3) is 13.8. The van der Waals surface area contributed by atoms with Gasteiger partial charge in [0.15, 0.2) is 6.29 Å². The highest BCUT2D eigenvalue weighted by molar-refractivity contribution is 5.85. The zero-order valence-electron chi connectivity index (χ0n) is 13.2. The van der Waals surface area contributed by atoms with Gasteiger partial charge in [0.25, 0.3) is 0 Å². The highest BCUT2D eigenvalue weighted by Crippen LogP contribution is 2.05. The van der Waals surface area contributed by atoms with Crippen LogP contribution in [0.15, 0.2) is 11.6 Å². The average Bonchev–Trinajstić information content (AvgIpc) is 2.39. The fourth-order valence-corrected chi connectivity index (χ4v) is 1.48. The summed E-state index contributed by atoms with van der Waals surface area (Å²) in [5.74, 6) is -0.508. The second kappa shape index (κ2) is 12.8. The second-order valence-corrected chi connectivity index (χ2v) is 5.16. The molecule has 0 radical (unpaired) electrons. The SMILES string of the molecule is CC(=CCCOCCOCCOC(O)CC(C)C)C(=O)O. The van der Waals surface area contributed by atoms with Gasteiger partial charge in [0.1, 0.15) is 0 Å². The number of aliphatic carboxylic acids is 1. The molecule has 1 atom stereocenters. The zero-order valence-corrected chi connectivity index (χ0v) is 13.2. The molecule has 0 fully saturated rings. The molecular formula is C15H28O6. The summed E-state index contributed by atoms with van der Waals surface area (Å²) in [5.41, 5.74) is 0.326. The highest BCUT2D eigenvalue weighted by Gasteiger charge is 2.06. The monoisotopic (exact) mass is 304 g/mol. The van der Waals surface area contributed by atoms with Gasteiger partial charge in [-0.15, -0.1) is 0 Å². The van der Waals surface area contributed by atoms with E-state index in [0.29, 0.717) is 57.4 Å². The van der Waals surface area contributed by atoms with Gasteiger partial charge in [0, 0.05) is 12.0 Å². The van der Waals surface area contributed by atoms with Crippen LogP contribution in [0.2, 0.25) is 0 Å². The fraction of sp³-hybridized carbons (Fsp3) is 0.800. The number of carbonyl (C=O) groups is 1. The summed E-state index contributed by atoms with van der Waals surface area (Å²) >= 11 is 0. The number of hydrogen-bond acceptors (Lipinski definition) is 5. The summed E-state index contributed by atoms with van der Waals surface area (Å²) in [6.07, 6.45) is 2.09. The summed E-state index contributed by atoms with van der Waals surface area (Å²) in [6, 6.07) is 0. The van der Waals surface area contributed by atoms with Gasteiger partial charge in [-0.2, -0.15) is 0 Å². The van der Waals surface area contributed by atoms with E-state index in [1.165, 1.54) is 0 Å². The van der Waals surface area contributed by atoms with E-state index in [9.17, 15) is 9.90 Å². The number of rotatable bonds is 13. The van der Waals surface area contributed by atoms with Crippen LogP contribution >= 0.6 is 0 Å². The van der Waals surface area contributed by atoms with Crippen LogP contribution in [0.4, 0.5) is 0 Å². The van der Waals surface area contributed by atoms with Gasteiger partial charge in [0.2, 0.25) is 0 Å². The molecule has 0 aromatic carbocycles. The molecule has 21 heavy (non-hydrogen) atoms. The van der Waals surface area contributed by atoms with Crippen LogP contribution in [0.1, 0.15) is 33.6 Å². The number of aliphatic hydroxyl groups excluding tert-OH is 1. The van der Waals surface area contributed by atoms with Crippen LogP contribution in [0.5, 0.6) is 0 Å². The largest absolute Gasteiger partial charge is 0.478 e. The molecule has 2 N–H and O–H groups in total. The first-order chi connectivity index (χ1) is 9.93. The Kier molecular flexibility index (Phi) is 12.2. The van der Waals surface area contributed by atoms with Crippen LogP contribution in [0.3, 0.4) is 0 Å². The second-order valence-electron chi connectivity index (χ2n) is 5.16. The normalized spacial score (nSPS) is 13.7. The van der Waals surface area contributed by atoms with E-state index in [0.717, 1.165) is 0 Å². The topological polar surface area (TPSA) is 85.2 Å². The van der Waals surface area contributed by atoms with Crippen LogP contribution < -0.4 is 0 Å².